The van der Waals surface area contributed by atoms with E-state index in [0.717, 1.165) is 59.0 Å². The molecule has 5 heterocycles. The Balaban J connectivity index is 1.14. The number of nitrogens with one attached hydrogen (secondary N) is 1. The highest BCUT2D eigenvalue weighted by atomic mass is 35.5. The molecule has 1 spiro atoms. The van der Waals surface area contributed by atoms with Crippen LogP contribution in [0.4, 0.5) is 0 Å². The minimum atomic E-state index is -1.11. The van der Waals surface area contributed by atoms with Crippen LogP contribution in [-0.4, -0.2) is 62.0 Å². The molecular formula is C37H44ClNO6. The van der Waals surface area contributed by atoms with Crippen molar-refractivity contribution in [2.24, 2.45) is 23.2 Å². The van der Waals surface area contributed by atoms with Crippen molar-refractivity contribution in [2.45, 2.75) is 144 Å². The van der Waals surface area contributed by atoms with Crippen LogP contribution in [0.2, 0.25) is 5.02 Å². The Morgan fingerprint density at radius 3 is 2.51 bits per heavy atom. The molecule has 0 bridgehead atoms. The van der Waals surface area contributed by atoms with Gasteiger partial charge in [-0.1, -0.05) is 37.6 Å². The van der Waals surface area contributed by atoms with Crippen LogP contribution in [0, 0.1) is 23.2 Å². The summed E-state index contributed by atoms with van der Waals surface area (Å²) in [6.45, 7) is 17.6. The second-order valence-corrected chi connectivity index (χ2v) is 18.2. The molecule has 7 nitrogen and oxygen atoms in total. The van der Waals surface area contributed by atoms with Crippen LogP contribution in [0.1, 0.15) is 102 Å². The van der Waals surface area contributed by atoms with E-state index in [2.05, 4.69) is 59.2 Å². The highest BCUT2D eigenvalue weighted by molar-refractivity contribution is 6.32. The first-order valence-corrected chi connectivity index (χ1v) is 17.6. The molecule has 4 aliphatic heterocycles. The number of aromatic amines is 1. The van der Waals surface area contributed by atoms with Gasteiger partial charge in [0.25, 0.3) is 0 Å². The van der Waals surface area contributed by atoms with E-state index < -0.39 is 33.2 Å². The lowest BCUT2D eigenvalue weighted by atomic mass is 9.40. The molecule has 9 aliphatic rings. The molecule has 5 aliphatic carbocycles. The molecule has 6 fully saturated rings. The van der Waals surface area contributed by atoms with E-state index in [4.69, 9.17) is 30.5 Å². The summed E-state index contributed by atoms with van der Waals surface area (Å²) in [4.78, 5) is 3.91. The second kappa shape index (κ2) is 7.27. The van der Waals surface area contributed by atoms with Gasteiger partial charge in [-0.05, 0) is 83.4 Å². The quantitative estimate of drug-likeness (QED) is 0.247. The SMILES string of the molecule is C=C1Cc2c(Cl)cc3[nH]c4c5c3c2[C@]2(O)C(C[C@H]12)C(C)(C)O[C@H]5C1CC[C@]2(O)[C@](C)(CCC3OC5C(OC5(C)C)[C@@H]5O[C@@]352)[C@@]41C. The molecule has 1 aromatic carbocycles. The van der Waals surface area contributed by atoms with Gasteiger partial charge in [0.2, 0.25) is 0 Å². The molecule has 1 aromatic heterocycles. The molecular weight excluding hydrogens is 590 g/mol. The number of hydrogen-bond acceptors (Lipinski definition) is 6. The third-order valence-corrected chi connectivity index (χ3v) is 16.2. The van der Waals surface area contributed by atoms with Gasteiger partial charge in [0.05, 0.1) is 23.4 Å². The van der Waals surface area contributed by atoms with Crippen LogP contribution in [0.5, 0.6) is 0 Å². The largest absolute Gasteiger partial charge is 0.386 e. The third kappa shape index (κ3) is 2.46. The van der Waals surface area contributed by atoms with E-state index in [1.54, 1.807) is 0 Å². The van der Waals surface area contributed by atoms with Crippen LogP contribution in [0.25, 0.3) is 10.9 Å². The van der Waals surface area contributed by atoms with Gasteiger partial charge in [0.15, 0.2) is 5.60 Å². The molecule has 3 N–H and O–H groups in total. The third-order valence-electron chi connectivity index (χ3n) is 15.8. The monoisotopic (exact) mass is 633 g/mol. The number of ether oxygens (including phenoxy) is 4. The summed E-state index contributed by atoms with van der Waals surface area (Å²) >= 11 is 7.08. The van der Waals surface area contributed by atoms with Gasteiger partial charge in [0.1, 0.15) is 29.5 Å². The number of rotatable bonds is 0. The average molecular weight is 634 g/mol. The van der Waals surface area contributed by atoms with E-state index in [-0.39, 0.29) is 53.9 Å². The lowest BCUT2D eigenvalue weighted by Gasteiger charge is -2.68. The smallest absolute Gasteiger partial charge is 0.152 e. The summed E-state index contributed by atoms with van der Waals surface area (Å²) in [7, 11) is 0. The van der Waals surface area contributed by atoms with E-state index >= 15 is 0 Å². The normalized spacial score (nSPS) is 54.7. The Kier molecular flexibility index (Phi) is 4.44. The van der Waals surface area contributed by atoms with Crippen LogP contribution >= 0.6 is 11.6 Å². The lowest BCUT2D eigenvalue weighted by Crippen LogP contribution is -2.79. The molecule has 240 valence electrons. The Labute approximate surface area is 269 Å². The summed E-state index contributed by atoms with van der Waals surface area (Å²) in [6.07, 6.45) is 4.02. The predicted octanol–water partition coefficient (Wildman–Crippen LogP) is 5.90. The van der Waals surface area contributed by atoms with Crippen molar-refractivity contribution in [3.63, 3.8) is 0 Å². The molecule has 11 rings (SSSR count). The standard InChI is InChI=1S/C37H44ClNO6/c1-15-12-16-19(38)14-20-23-24-26(43-31(2,3)21-13-18(15)36(21,41)25(16)23)17-8-11-35(40)33(6,34(17,7)28(24)39-20)10-9-22-37(35)30(45-37)27-29(42-22)32(4,5)44-27/h14,17-18,21-22,26-27,29-30,39-41H,1,8-13H2,2-7H3/t17?,18-,21?,22?,26+,27?,29?,30+,33-,34-,35+,36-,37+/m1/s1. The fraction of sp³-hybridized carbons (Fsp3) is 0.730. The van der Waals surface area contributed by atoms with E-state index in [1.165, 1.54) is 5.56 Å². The number of fused-ring (bicyclic) bond motifs is 7. The molecule has 0 radical (unpaired) electrons. The molecule has 0 amide bonds. The summed E-state index contributed by atoms with van der Waals surface area (Å²) in [5, 5.41) is 27.9. The van der Waals surface area contributed by atoms with Crippen LogP contribution < -0.4 is 0 Å². The zero-order valence-electron chi connectivity index (χ0n) is 27.1. The zero-order valence-corrected chi connectivity index (χ0v) is 27.8. The van der Waals surface area contributed by atoms with Gasteiger partial charge >= 0.3 is 0 Å². The van der Waals surface area contributed by atoms with Crippen molar-refractivity contribution in [3.05, 3.63) is 45.6 Å². The first kappa shape index (κ1) is 27.5. The van der Waals surface area contributed by atoms with E-state index in [1.807, 2.05) is 0 Å². The summed E-state index contributed by atoms with van der Waals surface area (Å²) in [5.74, 6) is 0.0764. The lowest BCUT2D eigenvalue weighted by molar-refractivity contribution is -0.345. The number of aromatic nitrogens is 1. The van der Waals surface area contributed by atoms with Gasteiger partial charge in [0, 0.05) is 55.8 Å². The van der Waals surface area contributed by atoms with Crippen LogP contribution in [0.3, 0.4) is 0 Å². The summed E-state index contributed by atoms with van der Waals surface area (Å²) in [5.41, 5.74) is 1.50. The molecule has 2 aromatic rings. The first-order valence-electron chi connectivity index (χ1n) is 17.3. The van der Waals surface area contributed by atoms with Crippen LogP contribution in [-0.2, 0) is 36.4 Å². The number of epoxide rings is 1. The fourth-order valence-electron chi connectivity index (χ4n) is 13.5. The topological polar surface area (TPSA) is 96.5 Å². The minimum Gasteiger partial charge on any atom is -0.386 e. The molecule has 13 atom stereocenters. The van der Waals surface area contributed by atoms with Gasteiger partial charge in [-0.3, -0.25) is 0 Å². The van der Waals surface area contributed by atoms with Crippen LogP contribution in [0.15, 0.2) is 18.2 Å². The van der Waals surface area contributed by atoms with E-state index in [9.17, 15) is 10.2 Å². The second-order valence-electron chi connectivity index (χ2n) is 17.8. The highest BCUT2D eigenvalue weighted by Gasteiger charge is 2.88. The Bertz CT molecular complexity index is 1820. The Morgan fingerprint density at radius 2 is 1.76 bits per heavy atom. The fourth-order valence-corrected chi connectivity index (χ4v) is 13.8. The molecule has 45 heavy (non-hydrogen) atoms. The van der Waals surface area contributed by atoms with Gasteiger partial charge in [-0.2, -0.15) is 0 Å². The Hall–Kier alpha value is -1.45. The van der Waals surface area contributed by atoms with Crippen molar-refractivity contribution in [1.82, 2.24) is 4.98 Å². The minimum absolute atomic E-state index is 0.00401. The maximum atomic E-state index is 13.3. The maximum Gasteiger partial charge on any atom is 0.152 e. The van der Waals surface area contributed by atoms with Crippen molar-refractivity contribution in [2.75, 3.05) is 0 Å². The molecule has 3 saturated carbocycles. The summed E-state index contributed by atoms with van der Waals surface area (Å²) in [6, 6.07) is 2.05. The van der Waals surface area contributed by atoms with Gasteiger partial charge < -0.3 is 34.1 Å². The highest BCUT2D eigenvalue weighted by Crippen LogP contribution is 2.78. The van der Waals surface area contributed by atoms with Crippen molar-refractivity contribution in [1.29, 1.82) is 0 Å². The maximum absolute atomic E-state index is 13.3. The molecule has 5 unspecified atom stereocenters. The number of benzene rings is 1. The summed E-state index contributed by atoms with van der Waals surface area (Å²) < 4.78 is 27.2. The zero-order chi connectivity index (χ0) is 31.2. The number of hydrogen-bond donors (Lipinski definition) is 3. The first-order chi connectivity index (χ1) is 21.1. The molecule has 8 heteroatoms. The van der Waals surface area contributed by atoms with Crippen molar-refractivity contribution < 1.29 is 29.2 Å². The van der Waals surface area contributed by atoms with E-state index in [0.29, 0.717) is 17.9 Å². The number of aliphatic hydroxyl groups is 2. The van der Waals surface area contributed by atoms with Gasteiger partial charge in [-0.25, -0.2) is 0 Å². The van der Waals surface area contributed by atoms with Gasteiger partial charge in [-0.15, -0.1) is 0 Å². The van der Waals surface area contributed by atoms with Crippen molar-refractivity contribution in [3.8, 4) is 0 Å². The predicted molar refractivity (Wildman–Crippen MR) is 167 cm³/mol. The number of H-pyrrole nitrogens is 1. The van der Waals surface area contributed by atoms with Crippen molar-refractivity contribution >= 4 is 22.5 Å². The Morgan fingerprint density at radius 1 is 0.978 bits per heavy atom. The number of halogens is 1. The average Bonchev–Trinajstić information content (AvgIpc) is 3.53. The molecule has 3 saturated heterocycles.